The zero-order valence-electron chi connectivity index (χ0n) is 19.9. The lowest BCUT2D eigenvalue weighted by Gasteiger charge is -2.22. The van der Waals surface area contributed by atoms with E-state index in [1.807, 2.05) is 39.0 Å². The van der Waals surface area contributed by atoms with Crippen LogP contribution in [0.3, 0.4) is 0 Å². The summed E-state index contributed by atoms with van der Waals surface area (Å²) in [5.41, 5.74) is -0.555. The predicted molar refractivity (Wildman–Crippen MR) is 127 cm³/mol. The van der Waals surface area contributed by atoms with Crippen LogP contribution < -0.4 is 9.47 Å². The number of hydrogen-bond acceptors (Lipinski definition) is 8. The first kappa shape index (κ1) is 25.5. The Bertz CT molecular complexity index is 938. The van der Waals surface area contributed by atoms with Crippen LogP contribution in [0, 0.1) is 0 Å². The lowest BCUT2D eigenvalue weighted by atomic mass is 10.1. The second kappa shape index (κ2) is 11.8. The Morgan fingerprint density at radius 1 is 1.09 bits per heavy atom. The van der Waals surface area contributed by atoms with Crippen LogP contribution in [0.25, 0.3) is 10.1 Å². The average Bonchev–Trinajstić information content (AvgIpc) is 3.19. The third-order valence-electron chi connectivity index (χ3n) is 5.04. The van der Waals surface area contributed by atoms with Crippen LogP contribution in [-0.4, -0.2) is 50.6 Å². The van der Waals surface area contributed by atoms with Gasteiger partial charge in [-0.1, -0.05) is 0 Å². The number of ketones is 1. The van der Waals surface area contributed by atoms with E-state index < -0.39 is 5.60 Å². The normalized spacial score (nSPS) is 16.5. The van der Waals surface area contributed by atoms with Gasteiger partial charge in [0.2, 0.25) is 0 Å². The molecule has 7 nitrogen and oxygen atoms in total. The Labute approximate surface area is 199 Å². The number of benzene rings is 1. The van der Waals surface area contributed by atoms with E-state index in [-0.39, 0.29) is 30.9 Å². The highest BCUT2D eigenvalue weighted by Crippen LogP contribution is 2.37. The molecule has 1 atom stereocenters. The molecule has 0 bridgehead atoms. The van der Waals surface area contributed by atoms with Crippen molar-refractivity contribution in [1.82, 2.24) is 0 Å². The van der Waals surface area contributed by atoms with E-state index in [2.05, 4.69) is 0 Å². The summed E-state index contributed by atoms with van der Waals surface area (Å²) in [6, 6.07) is 5.61. The number of thiophene rings is 1. The molecule has 0 N–H and O–H groups in total. The molecule has 0 radical (unpaired) electrons. The maximum absolute atomic E-state index is 12.6. The summed E-state index contributed by atoms with van der Waals surface area (Å²) in [7, 11) is 1.60. The largest absolute Gasteiger partial charge is 0.493 e. The molecule has 33 heavy (non-hydrogen) atoms. The number of carbonyl (C=O) groups excluding carboxylic acids is 2. The standard InChI is InChI=1S/C25H34O7S/c1-25(2,3)32-23(27)10-9-18(26)22-15-17-14-20(19(28-4)16-21(17)33-22)29-12-7-13-31-24-8-5-6-11-30-24/h14-16,24H,5-13H2,1-4H3. The minimum Gasteiger partial charge on any atom is -0.493 e. The highest BCUT2D eigenvalue weighted by atomic mass is 32.1. The van der Waals surface area contributed by atoms with Gasteiger partial charge in [-0.2, -0.15) is 0 Å². The number of hydrogen-bond donors (Lipinski definition) is 0. The van der Waals surface area contributed by atoms with E-state index in [0.29, 0.717) is 29.6 Å². The summed E-state index contributed by atoms with van der Waals surface area (Å²) < 4.78 is 28.9. The van der Waals surface area contributed by atoms with Crippen molar-refractivity contribution in [3.63, 3.8) is 0 Å². The van der Waals surface area contributed by atoms with Crippen LogP contribution in [-0.2, 0) is 19.0 Å². The topological polar surface area (TPSA) is 80.3 Å². The van der Waals surface area contributed by atoms with Crippen molar-refractivity contribution in [2.75, 3.05) is 26.9 Å². The number of methoxy groups -OCH3 is 1. The van der Waals surface area contributed by atoms with Gasteiger partial charge in [0.05, 0.1) is 31.6 Å². The number of fused-ring (bicyclic) bond motifs is 1. The summed E-state index contributed by atoms with van der Waals surface area (Å²) >= 11 is 1.39. The van der Waals surface area contributed by atoms with Crippen molar-refractivity contribution in [2.45, 2.75) is 71.2 Å². The maximum Gasteiger partial charge on any atom is 0.306 e. The second-order valence-corrected chi connectivity index (χ2v) is 10.1. The fourth-order valence-electron chi connectivity index (χ4n) is 3.49. The maximum atomic E-state index is 12.6. The number of ether oxygens (including phenoxy) is 5. The number of Topliss-reactive ketones (excluding diaryl/α,β-unsaturated/α-hetero) is 1. The smallest absolute Gasteiger partial charge is 0.306 e. The Kier molecular flexibility index (Phi) is 9.11. The van der Waals surface area contributed by atoms with Crippen molar-refractivity contribution in [2.24, 2.45) is 0 Å². The number of rotatable bonds is 11. The molecule has 1 fully saturated rings. The quantitative estimate of drug-likeness (QED) is 0.239. The average molecular weight is 479 g/mol. The van der Waals surface area contributed by atoms with E-state index in [9.17, 15) is 9.59 Å². The molecule has 1 aromatic heterocycles. The van der Waals surface area contributed by atoms with Gasteiger partial charge in [0.25, 0.3) is 0 Å². The zero-order valence-corrected chi connectivity index (χ0v) is 20.8. The summed E-state index contributed by atoms with van der Waals surface area (Å²) in [6.07, 6.45) is 4.02. The van der Waals surface area contributed by atoms with Gasteiger partial charge in [0.1, 0.15) is 5.60 Å². The van der Waals surface area contributed by atoms with Gasteiger partial charge < -0.3 is 23.7 Å². The highest BCUT2D eigenvalue weighted by Gasteiger charge is 2.19. The van der Waals surface area contributed by atoms with Gasteiger partial charge >= 0.3 is 5.97 Å². The van der Waals surface area contributed by atoms with Gasteiger partial charge in [-0.15, -0.1) is 11.3 Å². The molecular weight excluding hydrogens is 444 g/mol. The van der Waals surface area contributed by atoms with Crippen LogP contribution in [0.2, 0.25) is 0 Å². The molecule has 0 aliphatic carbocycles. The highest BCUT2D eigenvalue weighted by molar-refractivity contribution is 7.20. The van der Waals surface area contributed by atoms with E-state index in [0.717, 1.165) is 42.4 Å². The Hall–Kier alpha value is -2.16. The van der Waals surface area contributed by atoms with Gasteiger partial charge in [-0.25, -0.2) is 0 Å². The third-order valence-corrected chi connectivity index (χ3v) is 6.18. The molecule has 2 aromatic rings. The summed E-state index contributed by atoms with van der Waals surface area (Å²) in [6.45, 7) is 7.26. The molecule has 1 aliphatic heterocycles. The Morgan fingerprint density at radius 3 is 2.61 bits per heavy atom. The molecule has 182 valence electrons. The Morgan fingerprint density at radius 2 is 1.91 bits per heavy atom. The summed E-state index contributed by atoms with van der Waals surface area (Å²) in [5.74, 6) is 0.803. The molecule has 8 heteroatoms. The van der Waals surface area contributed by atoms with Crippen molar-refractivity contribution in [1.29, 1.82) is 0 Å². The van der Waals surface area contributed by atoms with Crippen LogP contribution in [0.1, 0.15) is 69.0 Å². The minimum atomic E-state index is -0.555. The first-order valence-corrected chi connectivity index (χ1v) is 12.3. The molecule has 2 heterocycles. The second-order valence-electron chi connectivity index (χ2n) is 9.03. The van der Waals surface area contributed by atoms with E-state index in [1.165, 1.54) is 11.3 Å². The molecule has 3 rings (SSSR count). The predicted octanol–water partition coefficient (Wildman–Crippen LogP) is 5.53. The molecule has 1 saturated heterocycles. The molecule has 0 saturated carbocycles. The lowest BCUT2D eigenvalue weighted by Crippen LogP contribution is -2.24. The van der Waals surface area contributed by atoms with Gasteiger partial charge in [0, 0.05) is 30.2 Å². The summed E-state index contributed by atoms with van der Waals surface area (Å²) in [5, 5.41) is 0.906. The van der Waals surface area contributed by atoms with Crippen molar-refractivity contribution in [3.8, 4) is 11.5 Å². The first-order valence-electron chi connectivity index (χ1n) is 11.5. The molecule has 1 unspecified atom stereocenters. The fourth-order valence-corrected chi connectivity index (χ4v) is 4.53. The van der Waals surface area contributed by atoms with Crippen LogP contribution in [0.4, 0.5) is 0 Å². The molecular formula is C25H34O7S. The zero-order chi connectivity index (χ0) is 23.8. The SMILES string of the molecule is COc1cc2sc(C(=O)CCC(=O)OC(C)(C)C)cc2cc1OCCCOC1CCCCO1. The van der Waals surface area contributed by atoms with Gasteiger partial charge in [-0.3, -0.25) is 9.59 Å². The lowest BCUT2D eigenvalue weighted by molar-refractivity contribution is -0.163. The fraction of sp³-hybridized carbons (Fsp3) is 0.600. The van der Waals surface area contributed by atoms with Crippen LogP contribution in [0.5, 0.6) is 11.5 Å². The first-order chi connectivity index (χ1) is 15.7. The summed E-state index contributed by atoms with van der Waals surface area (Å²) in [4.78, 5) is 25.1. The molecule has 0 spiro atoms. The van der Waals surface area contributed by atoms with Crippen LogP contribution >= 0.6 is 11.3 Å². The third kappa shape index (κ3) is 7.98. The monoisotopic (exact) mass is 478 g/mol. The number of carbonyl (C=O) groups is 2. The van der Waals surface area contributed by atoms with E-state index in [1.54, 1.807) is 7.11 Å². The number of esters is 1. The Balaban J connectivity index is 1.54. The van der Waals surface area contributed by atoms with Crippen molar-refractivity contribution in [3.05, 3.63) is 23.1 Å². The van der Waals surface area contributed by atoms with Gasteiger partial charge in [0.15, 0.2) is 23.6 Å². The molecule has 1 aliphatic rings. The van der Waals surface area contributed by atoms with Crippen molar-refractivity contribution >= 4 is 33.2 Å². The van der Waals surface area contributed by atoms with Gasteiger partial charge in [-0.05, 0) is 57.6 Å². The molecule has 1 aromatic carbocycles. The minimum absolute atomic E-state index is 0.0655. The van der Waals surface area contributed by atoms with E-state index in [4.69, 9.17) is 23.7 Å². The van der Waals surface area contributed by atoms with E-state index >= 15 is 0 Å². The van der Waals surface area contributed by atoms with Crippen molar-refractivity contribution < 1.29 is 33.3 Å². The molecule has 0 amide bonds. The van der Waals surface area contributed by atoms with Crippen LogP contribution in [0.15, 0.2) is 18.2 Å².